The van der Waals surface area contributed by atoms with Crippen molar-refractivity contribution in [3.8, 4) is 11.5 Å². The minimum Gasteiger partial charge on any atom is -0.497 e. The number of sulfonamides is 1. The summed E-state index contributed by atoms with van der Waals surface area (Å²) in [6, 6.07) is 6.67. The number of hydrogen-bond donors (Lipinski definition) is 1. The van der Waals surface area contributed by atoms with E-state index in [1.54, 1.807) is 0 Å². The van der Waals surface area contributed by atoms with E-state index in [1.165, 1.54) is 32.4 Å². The third-order valence-electron chi connectivity index (χ3n) is 3.18. The van der Waals surface area contributed by atoms with Gasteiger partial charge in [0.05, 0.1) is 24.8 Å². The quantitative estimate of drug-likeness (QED) is 0.825. The molecule has 0 unspecified atom stereocenters. The van der Waals surface area contributed by atoms with Gasteiger partial charge in [0.15, 0.2) is 0 Å². The Morgan fingerprint density at radius 1 is 1.04 bits per heavy atom. The summed E-state index contributed by atoms with van der Waals surface area (Å²) in [6.07, 6.45) is -4.71. The van der Waals surface area contributed by atoms with Crippen molar-refractivity contribution in [3.63, 3.8) is 0 Å². The molecule has 2 aromatic rings. The van der Waals surface area contributed by atoms with Crippen LogP contribution in [-0.4, -0.2) is 22.6 Å². The zero-order valence-corrected chi connectivity index (χ0v) is 14.6. The van der Waals surface area contributed by atoms with Crippen LogP contribution in [-0.2, 0) is 16.2 Å². The van der Waals surface area contributed by atoms with E-state index in [-0.39, 0.29) is 16.3 Å². The number of benzene rings is 2. The van der Waals surface area contributed by atoms with Gasteiger partial charge in [0.25, 0.3) is 10.0 Å². The van der Waals surface area contributed by atoms with Crippen LogP contribution in [0.1, 0.15) is 5.56 Å². The van der Waals surface area contributed by atoms with E-state index in [4.69, 9.17) is 21.1 Å². The first-order valence-electron chi connectivity index (χ1n) is 6.70. The number of nitrogens with one attached hydrogen (secondary N) is 1. The van der Waals surface area contributed by atoms with Crippen LogP contribution in [0.2, 0.25) is 5.02 Å². The Bertz CT molecular complexity index is 885. The Balaban J connectivity index is 2.43. The number of methoxy groups -OCH3 is 2. The lowest BCUT2D eigenvalue weighted by atomic mass is 10.2. The van der Waals surface area contributed by atoms with Gasteiger partial charge in [-0.15, -0.1) is 0 Å². The fourth-order valence-electron chi connectivity index (χ4n) is 2.01. The predicted molar refractivity (Wildman–Crippen MR) is 86.8 cm³/mol. The van der Waals surface area contributed by atoms with Crippen molar-refractivity contribution in [2.45, 2.75) is 11.1 Å². The van der Waals surface area contributed by atoms with Gasteiger partial charge >= 0.3 is 6.18 Å². The maximum atomic E-state index is 12.9. The molecule has 136 valence electrons. The van der Waals surface area contributed by atoms with Gasteiger partial charge in [-0.3, -0.25) is 4.72 Å². The molecule has 0 radical (unpaired) electrons. The summed E-state index contributed by atoms with van der Waals surface area (Å²) in [7, 11) is -1.54. The van der Waals surface area contributed by atoms with Crippen LogP contribution in [0.5, 0.6) is 11.5 Å². The van der Waals surface area contributed by atoms with Gasteiger partial charge < -0.3 is 9.47 Å². The van der Waals surface area contributed by atoms with Gasteiger partial charge in [-0.25, -0.2) is 8.42 Å². The summed E-state index contributed by atoms with van der Waals surface area (Å²) in [5.74, 6) is 0.346. The molecule has 1 N–H and O–H groups in total. The molecule has 0 aromatic heterocycles. The minimum atomic E-state index is -4.71. The first-order valence-corrected chi connectivity index (χ1v) is 8.56. The molecule has 0 saturated heterocycles. The number of hydrogen-bond acceptors (Lipinski definition) is 4. The lowest BCUT2D eigenvalue weighted by molar-refractivity contribution is -0.137. The molecule has 0 atom stereocenters. The fraction of sp³-hybridized carbons (Fsp3) is 0.200. The highest BCUT2D eigenvalue weighted by Crippen LogP contribution is 2.37. The molecule has 2 rings (SSSR count). The van der Waals surface area contributed by atoms with E-state index in [9.17, 15) is 21.6 Å². The van der Waals surface area contributed by atoms with Crippen molar-refractivity contribution in [2.75, 3.05) is 18.9 Å². The number of alkyl halides is 3. The third kappa shape index (κ3) is 4.29. The first kappa shape index (κ1) is 19.2. The molecule has 0 aliphatic heterocycles. The lowest BCUT2D eigenvalue weighted by Crippen LogP contribution is -2.15. The highest BCUT2D eigenvalue weighted by Gasteiger charge is 2.33. The number of anilines is 1. The molecule has 0 spiro atoms. The van der Waals surface area contributed by atoms with Crippen molar-refractivity contribution in [3.05, 3.63) is 47.0 Å². The van der Waals surface area contributed by atoms with Crippen molar-refractivity contribution >= 4 is 27.3 Å². The summed E-state index contributed by atoms with van der Waals surface area (Å²) in [5.41, 5.74) is -1.43. The molecule has 0 amide bonds. The maximum Gasteiger partial charge on any atom is 0.417 e. The molecule has 2 aromatic carbocycles. The largest absolute Gasteiger partial charge is 0.497 e. The molecule has 0 bridgehead atoms. The summed E-state index contributed by atoms with van der Waals surface area (Å²) < 4.78 is 75.7. The zero-order valence-electron chi connectivity index (χ0n) is 13.0. The van der Waals surface area contributed by atoms with E-state index in [0.717, 1.165) is 12.1 Å². The third-order valence-corrected chi connectivity index (χ3v) is 4.93. The molecule has 5 nitrogen and oxygen atoms in total. The SMILES string of the molecule is COc1ccc(S(=O)(=O)Nc2ccc(Cl)c(C(F)(F)F)c2)c(OC)c1. The van der Waals surface area contributed by atoms with Gasteiger partial charge in [0.2, 0.25) is 0 Å². The predicted octanol–water partition coefficient (Wildman–Crippen LogP) is 4.18. The molecular weight excluding hydrogens is 383 g/mol. The van der Waals surface area contributed by atoms with Crippen molar-refractivity contribution in [1.82, 2.24) is 0 Å². The van der Waals surface area contributed by atoms with Gasteiger partial charge in [0, 0.05) is 11.8 Å². The molecule has 0 heterocycles. The van der Waals surface area contributed by atoms with Gasteiger partial charge in [-0.2, -0.15) is 13.2 Å². The van der Waals surface area contributed by atoms with E-state index < -0.39 is 26.8 Å². The molecule has 0 fully saturated rings. The average molecular weight is 396 g/mol. The van der Waals surface area contributed by atoms with E-state index in [0.29, 0.717) is 11.8 Å². The molecule has 10 heteroatoms. The highest BCUT2D eigenvalue weighted by molar-refractivity contribution is 7.92. The maximum absolute atomic E-state index is 12.9. The summed E-state index contributed by atoms with van der Waals surface area (Å²) in [5, 5.41) is -0.530. The average Bonchev–Trinajstić information content (AvgIpc) is 2.54. The Morgan fingerprint density at radius 2 is 1.72 bits per heavy atom. The van der Waals surface area contributed by atoms with Gasteiger partial charge in [0.1, 0.15) is 16.4 Å². The second kappa shape index (κ2) is 7.01. The van der Waals surface area contributed by atoms with Crippen LogP contribution in [0.25, 0.3) is 0 Å². The molecule has 0 aliphatic rings. The van der Waals surface area contributed by atoms with Crippen molar-refractivity contribution < 1.29 is 31.1 Å². The summed E-state index contributed by atoms with van der Waals surface area (Å²) >= 11 is 5.52. The molecule has 0 aliphatic carbocycles. The summed E-state index contributed by atoms with van der Waals surface area (Å²) in [4.78, 5) is -0.251. The number of halogens is 4. The van der Waals surface area contributed by atoms with Crippen LogP contribution in [0.4, 0.5) is 18.9 Å². The fourth-order valence-corrected chi connectivity index (χ4v) is 3.44. The topological polar surface area (TPSA) is 64.6 Å². The van der Waals surface area contributed by atoms with E-state index in [2.05, 4.69) is 4.72 Å². The van der Waals surface area contributed by atoms with E-state index in [1.807, 2.05) is 0 Å². The normalized spacial score (nSPS) is 11.9. The smallest absolute Gasteiger partial charge is 0.417 e. The Morgan fingerprint density at radius 3 is 2.28 bits per heavy atom. The lowest BCUT2D eigenvalue weighted by Gasteiger charge is -2.14. The van der Waals surface area contributed by atoms with Crippen LogP contribution in [0, 0.1) is 0 Å². The van der Waals surface area contributed by atoms with Crippen LogP contribution in [0.15, 0.2) is 41.3 Å². The van der Waals surface area contributed by atoms with E-state index >= 15 is 0 Å². The van der Waals surface area contributed by atoms with Crippen molar-refractivity contribution in [2.24, 2.45) is 0 Å². The minimum absolute atomic E-state index is 0.0168. The Hall–Kier alpha value is -2.13. The Kier molecular flexibility index (Phi) is 5.38. The number of rotatable bonds is 5. The highest BCUT2D eigenvalue weighted by atomic mass is 35.5. The van der Waals surface area contributed by atoms with Crippen LogP contribution < -0.4 is 14.2 Å². The number of ether oxygens (including phenoxy) is 2. The first-order chi connectivity index (χ1) is 11.6. The molecule has 0 saturated carbocycles. The molecule has 25 heavy (non-hydrogen) atoms. The van der Waals surface area contributed by atoms with Crippen LogP contribution >= 0.6 is 11.6 Å². The molecular formula is C15H13ClF3NO4S. The summed E-state index contributed by atoms with van der Waals surface area (Å²) in [6.45, 7) is 0. The standard InChI is InChI=1S/C15H13ClF3NO4S/c1-23-10-4-6-14(13(8-10)24-2)25(21,22)20-9-3-5-12(16)11(7-9)15(17,18)19/h3-8,20H,1-2H3. The second-order valence-electron chi connectivity index (χ2n) is 4.81. The van der Waals surface area contributed by atoms with Gasteiger partial charge in [-0.05, 0) is 30.3 Å². The zero-order chi connectivity index (χ0) is 18.8. The van der Waals surface area contributed by atoms with Crippen molar-refractivity contribution in [1.29, 1.82) is 0 Å². The van der Waals surface area contributed by atoms with Crippen LogP contribution in [0.3, 0.4) is 0 Å². The Labute approximate surface area is 147 Å². The monoisotopic (exact) mass is 395 g/mol. The van der Waals surface area contributed by atoms with Gasteiger partial charge in [-0.1, -0.05) is 11.6 Å². The second-order valence-corrected chi connectivity index (χ2v) is 6.87.